The van der Waals surface area contributed by atoms with Crippen LogP contribution in [-0.2, 0) is 19.4 Å². The fourth-order valence-electron chi connectivity index (χ4n) is 5.54. The number of benzene rings is 1. The number of nitrogens with zero attached hydrogens (tertiary/aromatic N) is 5. The largest absolute Gasteiger partial charge is 0.467 e. The van der Waals surface area contributed by atoms with Crippen molar-refractivity contribution >= 4 is 17.2 Å². The van der Waals surface area contributed by atoms with Gasteiger partial charge in [-0.25, -0.2) is 0 Å². The first kappa shape index (κ1) is 26.6. The molecule has 3 N–H and O–H groups in total. The van der Waals surface area contributed by atoms with Crippen LogP contribution >= 0.6 is 0 Å². The van der Waals surface area contributed by atoms with E-state index in [1.165, 1.54) is 17.2 Å². The maximum absolute atomic E-state index is 11.8. The maximum Gasteiger partial charge on any atom is 0.318 e. The number of methoxy groups -OCH3 is 1. The van der Waals surface area contributed by atoms with Crippen LogP contribution in [-0.4, -0.2) is 59.4 Å². The second-order valence-corrected chi connectivity index (χ2v) is 10.2. The van der Waals surface area contributed by atoms with Crippen LogP contribution in [0.25, 0.3) is 5.70 Å². The lowest BCUT2D eigenvalue weighted by Gasteiger charge is -2.37. The number of hydrogen-bond acceptors (Lipinski definition) is 8. The third-order valence-corrected chi connectivity index (χ3v) is 7.45. The minimum Gasteiger partial charge on any atom is -0.467 e. The summed E-state index contributed by atoms with van der Waals surface area (Å²) < 4.78 is 5.58. The molecular formula is C30H37N7O2. The minimum absolute atomic E-state index is 0.187. The molecule has 4 heterocycles. The molecule has 0 amide bonds. The molecule has 0 radical (unpaired) electrons. The van der Waals surface area contributed by atoms with Gasteiger partial charge in [0.25, 0.3) is 0 Å². The summed E-state index contributed by atoms with van der Waals surface area (Å²) >= 11 is 0. The monoisotopic (exact) mass is 527 g/mol. The average molecular weight is 528 g/mol. The van der Waals surface area contributed by atoms with Gasteiger partial charge in [0, 0.05) is 43.7 Å². The quantitative estimate of drug-likeness (QED) is 0.484. The smallest absolute Gasteiger partial charge is 0.318 e. The van der Waals surface area contributed by atoms with Gasteiger partial charge in [-0.2, -0.15) is 9.97 Å². The van der Waals surface area contributed by atoms with Gasteiger partial charge in [0.1, 0.15) is 5.82 Å². The van der Waals surface area contributed by atoms with Gasteiger partial charge in [-0.15, -0.1) is 0 Å². The molecule has 9 nitrogen and oxygen atoms in total. The summed E-state index contributed by atoms with van der Waals surface area (Å²) in [6.45, 7) is 5.02. The van der Waals surface area contributed by atoms with Gasteiger partial charge in [-0.05, 0) is 43.2 Å². The number of hydrogen-bond donors (Lipinski definition) is 2. The van der Waals surface area contributed by atoms with E-state index in [-0.39, 0.29) is 11.6 Å². The lowest BCUT2D eigenvalue weighted by Crippen LogP contribution is -2.36. The summed E-state index contributed by atoms with van der Waals surface area (Å²) in [4.78, 5) is 33.7. The molecule has 0 aliphatic carbocycles. The van der Waals surface area contributed by atoms with E-state index in [1.807, 2.05) is 6.08 Å². The van der Waals surface area contributed by atoms with Crippen LogP contribution < -0.4 is 20.9 Å². The minimum atomic E-state index is -0.187. The summed E-state index contributed by atoms with van der Waals surface area (Å²) in [5.41, 5.74) is 13.0. The lowest BCUT2D eigenvalue weighted by molar-refractivity contribution is 0.212. The second kappa shape index (κ2) is 11.8. The third kappa shape index (κ3) is 5.88. The van der Waals surface area contributed by atoms with Gasteiger partial charge in [-0.1, -0.05) is 43.7 Å². The fourth-order valence-corrected chi connectivity index (χ4v) is 5.54. The van der Waals surface area contributed by atoms with Crippen molar-refractivity contribution < 1.29 is 4.74 Å². The number of likely N-dealkylation sites (N-methyl/N-ethyl adjacent to an activating group) is 1. The van der Waals surface area contributed by atoms with E-state index < -0.39 is 0 Å². The van der Waals surface area contributed by atoms with Crippen molar-refractivity contribution in [2.75, 3.05) is 38.7 Å². The van der Waals surface area contributed by atoms with E-state index >= 15 is 0 Å². The summed E-state index contributed by atoms with van der Waals surface area (Å²) in [7, 11) is 3.80. The highest BCUT2D eigenvalue weighted by Gasteiger charge is 2.32. The van der Waals surface area contributed by atoms with Crippen LogP contribution in [0.5, 0.6) is 6.01 Å². The van der Waals surface area contributed by atoms with Crippen LogP contribution in [0.4, 0.5) is 5.82 Å². The Balaban J connectivity index is 1.47. The van der Waals surface area contributed by atoms with Gasteiger partial charge in [-0.3, -0.25) is 14.7 Å². The second-order valence-electron chi connectivity index (χ2n) is 10.2. The maximum atomic E-state index is 11.8. The molecule has 0 saturated carbocycles. The number of pyridine rings is 1. The highest BCUT2D eigenvalue weighted by atomic mass is 16.5. The van der Waals surface area contributed by atoms with Crippen molar-refractivity contribution in [3.63, 3.8) is 0 Å². The fraction of sp³-hybridized carbons (Fsp3) is 0.400. The number of nitrogens with two attached hydrogens (primary N) is 1. The topological polar surface area (TPSA) is 113 Å². The first-order valence-corrected chi connectivity index (χ1v) is 13.6. The zero-order valence-electron chi connectivity index (χ0n) is 23.0. The Hall–Kier alpha value is -3.98. The summed E-state index contributed by atoms with van der Waals surface area (Å²) in [5, 5.41) is 0. The van der Waals surface area contributed by atoms with Crippen LogP contribution in [0.2, 0.25) is 0 Å². The summed E-state index contributed by atoms with van der Waals surface area (Å²) in [5.74, 6) is 0.888. The molecule has 204 valence electrons. The van der Waals surface area contributed by atoms with Crippen molar-refractivity contribution in [3.05, 3.63) is 87.0 Å². The zero-order chi connectivity index (χ0) is 27.4. The third-order valence-electron chi connectivity index (χ3n) is 7.45. The number of aryl methyl sites for hydroxylation is 1. The summed E-state index contributed by atoms with van der Waals surface area (Å²) in [6.07, 6.45) is 5.71. The Kier molecular flexibility index (Phi) is 8.07. The number of rotatable bonds is 7. The van der Waals surface area contributed by atoms with E-state index in [1.54, 1.807) is 19.2 Å². The standard InChI is InChI=1S/C30H37N7O2/c1-4-9-20-10-5-6-11-22(20)27-17-26-23(19-36(27)2)29(35-30(34-26)39-3)37-15-8-14-32-21(18-37)16-24(31)25-12-7-13-28(38)33-25/h5-7,10-13,16,27H,4,8-9,14-15,17-19,31H2,1-3H3,(H,33,38)/b24-16-. The molecule has 3 aromatic rings. The Morgan fingerprint density at radius 2 is 2.03 bits per heavy atom. The zero-order valence-corrected chi connectivity index (χ0v) is 23.0. The van der Waals surface area contributed by atoms with E-state index in [4.69, 9.17) is 25.4 Å². The molecule has 9 heteroatoms. The molecule has 1 aromatic carbocycles. The predicted molar refractivity (Wildman–Crippen MR) is 155 cm³/mol. The van der Waals surface area contributed by atoms with Crippen molar-refractivity contribution in [3.8, 4) is 6.01 Å². The molecule has 2 aliphatic rings. The van der Waals surface area contributed by atoms with Gasteiger partial charge >= 0.3 is 6.01 Å². The first-order valence-electron chi connectivity index (χ1n) is 13.6. The van der Waals surface area contributed by atoms with Crippen LogP contribution in [0, 0.1) is 0 Å². The van der Waals surface area contributed by atoms with Gasteiger partial charge < -0.3 is 20.4 Å². The molecule has 39 heavy (non-hydrogen) atoms. The van der Waals surface area contributed by atoms with Gasteiger partial charge in [0.15, 0.2) is 0 Å². The van der Waals surface area contributed by atoms with Crippen LogP contribution in [0.1, 0.15) is 53.9 Å². The first-order chi connectivity index (χ1) is 19.0. The molecule has 0 bridgehead atoms. The van der Waals surface area contributed by atoms with Crippen molar-refractivity contribution in [1.29, 1.82) is 0 Å². The van der Waals surface area contributed by atoms with Crippen molar-refractivity contribution in [2.45, 2.75) is 45.2 Å². The number of aromatic amines is 1. The predicted octanol–water partition coefficient (Wildman–Crippen LogP) is 3.51. The number of aromatic nitrogens is 3. The van der Waals surface area contributed by atoms with Crippen molar-refractivity contribution in [1.82, 2.24) is 19.9 Å². The summed E-state index contributed by atoms with van der Waals surface area (Å²) in [6, 6.07) is 14.3. The van der Waals surface area contributed by atoms with Gasteiger partial charge in [0.05, 0.1) is 36.5 Å². The average Bonchev–Trinajstić information content (AvgIpc) is 3.18. The van der Waals surface area contributed by atoms with Crippen LogP contribution in [0.3, 0.4) is 0 Å². The SMILES string of the molecule is CCCc1ccccc1C1Cc2nc(OC)nc(N3CCCN=C(/C=C(\N)c4cccc(=O)[nH]4)C3)c2CN1C. The number of fused-ring (bicyclic) bond motifs is 1. The molecule has 0 fully saturated rings. The number of H-pyrrole nitrogens is 1. The van der Waals surface area contributed by atoms with Crippen LogP contribution in [0.15, 0.2) is 58.3 Å². The molecule has 2 aliphatic heterocycles. The normalized spacial score (nSPS) is 18.3. The molecule has 1 atom stereocenters. The molecule has 1 unspecified atom stereocenters. The Labute approximate surface area is 229 Å². The highest BCUT2D eigenvalue weighted by molar-refractivity contribution is 6.03. The Morgan fingerprint density at radius 1 is 1.18 bits per heavy atom. The van der Waals surface area contributed by atoms with E-state index in [0.717, 1.165) is 61.6 Å². The van der Waals surface area contributed by atoms with E-state index in [9.17, 15) is 4.79 Å². The Bertz CT molecular complexity index is 1450. The number of nitrogens with one attached hydrogen (secondary N) is 1. The highest BCUT2D eigenvalue weighted by Crippen LogP contribution is 2.37. The lowest BCUT2D eigenvalue weighted by atomic mass is 9.89. The van der Waals surface area contributed by atoms with E-state index in [2.05, 4.69) is 53.0 Å². The number of ether oxygens (including phenoxy) is 1. The molecular weight excluding hydrogens is 490 g/mol. The molecule has 5 rings (SSSR count). The molecule has 0 saturated heterocycles. The van der Waals surface area contributed by atoms with E-state index in [0.29, 0.717) is 30.5 Å². The van der Waals surface area contributed by atoms with Gasteiger partial charge in [0.2, 0.25) is 5.56 Å². The molecule has 2 aromatic heterocycles. The van der Waals surface area contributed by atoms with Crippen molar-refractivity contribution in [2.24, 2.45) is 10.7 Å². The number of aliphatic imine (C=N–C) groups is 1. The molecule has 0 spiro atoms. The number of anilines is 1. The Morgan fingerprint density at radius 3 is 2.82 bits per heavy atom.